The average molecular weight is 308 g/mol. The highest BCUT2D eigenvalue weighted by molar-refractivity contribution is 5.97. The van der Waals surface area contributed by atoms with Crippen LogP contribution in [0.3, 0.4) is 0 Å². The summed E-state index contributed by atoms with van der Waals surface area (Å²) in [5, 5.41) is 2.91. The molecule has 0 aliphatic rings. The van der Waals surface area contributed by atoms with Gasteiger partial charge in [-0.3, -0.25) is 4.79 Å². The van der Waals surface area contributed by atoms with Gasteiger partial charge in [0.15, 0.2) is 0 Å². The lowest BCUT2D eigenvalue weighted by Gasteiger charge is -2.27. The maximum Gasteiger partial charge on any atom is 0.256 e. The number of nitrogens with one attached hydrogen (secondary N) is 1. The number of aryl methyl sites for hydroxylation is 1. The van der Waals surface area contributed by atoms with Gasteiger partial charge in [0.25, 0.3) is 5.91 Å². The number of ether oxygens (including phenoxy) is 2. The van der Waals surface area contributed by atoms with Crippen LogP contribution < -0.4 is 10.1 Å². The molecule has 5 heteroatoms. The number of hydrogen-bond acceptors (Lipinski definition) is 4. The second-order valence-electron chi connectivity index (χ2n) is 5.52. The summed E-state index contributed by atoms with van der Waals surface area (Å²) in [5.41, 5.74) is 0.601. The molecule has 124 valence electrons. The van der Waals surface area contributed by atoms with Crippen LogP contribution in [0.5, 0.6) is 5.88 Å². The van der Waals surface area contributed by atoms with Crippen LogP contribution in [0.2, 0.25) is 0 Å². The lowest BCUT2D eigenvalue weighted by atomic mass is 10.0. The predicted molar refractivity (Wildman–Crippen MR) is 88.3 cm³/mol. The van der Waals surface area contributed by atoms with Gasteiger partial charge in [0.2, 0.25) is 5.88 Å². The summed E-state index contributed by atoms with van der Waals surface area (Å²) in [6.07, 6.45) is 2.43. The van der Waals surface area contributed by atoms with Crippen molar-refractivity contribution in [3.63, 3.8) is 0 Å². The number of rotatable bonds is 9. The van der Waals surface area contributed by atoms with Crippen molar-refractivity contribution in [2.75, 3.05) is 18.5 Å². The van der Waals surface area contributed by atoms with Crippen LogP contribution in [0.4, 0.5) is 5.69 Å². The smallest absolute Gasteiger partial charge is 0.256 e. The van der Waals surface area contributed by atoms with E-state index in [-0.39, 0.29) is 5.91 Å². The Balaban J connectivity index is 2.78. The van der Waals surface area contributed by atoms with Crippen molar-refractivity contribution < 1.29 is 14.3 Å². The molecule has 1 atom stereocenters. The highest BCUT2D eigenvalue weighted by Crippen LogP contribution is 2.22. The molecule has 1 amide bonds. The zero-order valence-corrected chi connectivity index (χ0v) is 14.4. The van der Waals surface area contributed by atoms with E-state index in [1.165, 1.54) is 0 Å². The number of carbonyl (C=O) groups is 1. The minimum Gasteiger partial charge on any atom is -0.478 e. The fraction of sp³-hybridized carbons (Fsp3) is 0.647. The van der Waals surface area contributed by atoms with E-state index in [9.17, 15) is 4.79 Å². The molecule has 22 heavy (non-hydrogen) atoms. The van der Waals surface area contributed by atoms with Gasteiger partial charge in [-0.15, -0.1) is 0 Å². The van der Waals surface area contributed by atoms with E-state index in [0.29, 0.717) is 31.2 Å². The number of amides is 1. The average Bonchev–Trinajstić information content (AvgIpc) is 2.52. The first-order valence-corrected chi connectivity index (χ1v) is 8.02. The molecule has 1 unspecified atom stereocenters. The maximum absolute atomic E-state index is 12.5. The second kappa shape index (κ2) is 8.73. The lowest BCUT2D eigenvalue weighted by Crippen LogP contribution is -2.42. The van der Waals surface area contributed by atoms with E-state index >= 15 is 0 Å². The first-order chi connectivity index (χ1) is 10.5. The number of pyridine rings is 1. The van der Waals surface area contributed by atoms with Crippen molar-refractivity contribution >= 4 is 11.6 Å². The Morgan fingerprint density at radius 3 is 2.45 bits per heavy atom. The first kappa shape index (κ1) is 18.4. The number of nitrogens with zero attached hydrogens (tertiary/aromatic N) is 1. The zero-order valence-electron chi connectivity index (χ0n) is 14.4. The van der Waals surface area contributed by atoms with Crippen molar-refractivity contribution in [3.8, 4) is 5.88 Å². The first-order valence-electron chi connectivity index (χ1n) is 8.02. The number of aromatic nitrogens is 1. The third-order valence-corrected chi connectivity index (χ3v) is 3.54. The molecule has 0 radical (unpaired) electrons. The predicted octanol–water partition coefficient (Wildman–Crippen LogP) is 3.71. The molecule has 0 aliphatic heterocycles. The van der Waals surface area contributed by atoms with Crippen molar-refractivity contribution in [1.82, 2.24) is 4.98 Å². The Hall–Kier alpha value is -1.62. The fourth-order valence-electron chi connectivity index (χ4n) is 1.87. The van der Waals surface area contributed by atoms with Gasteiger partial charge in [0, 0.05) is 12.7 Å². The Labute approximate surface area is 133 Å². The summed E-state index contributed by atoms with van der Waals surface area (Å²) in [6, 6.07) is 3.59. The molecular formula is C17H28N2O3. The Bertz CT molecular complexity index is 491. The van der Waals surface area contributed by atoms with Crippen molar-refractivity contribution in [2.24, 2.45) is 0 Å². The van der Waals surface area contributed by atoms with Crippen LogP contribution >= 0.6 is 0 Å². The van der Waals surface area contributed by atoms with Gasteiger partial charge in [0.1, 0.15) is 5.60 Å². The molecular weight excluding hydrogens is 280 g/mol. The lowest BCUT2D eigenvalue weighted by molar-refractivity contribution is -0.139. The van der Waals surface area contributed by atoms with Crippen molar-refractivity contribution in [1.29, 1.82) is 0 Å². The summed E-state index contributed by atoms with van der Waals surface area (Å²) in [4.78, 5) is 16.8. The Morgan fingerprint density at radius 1 is 1.23 bits per heavy atom. The van der Waals surface area contributed by atoms with Gasteiger partial charge < -0.3 is 14.8 Å². The summed E-state index contributed by atoms with van der Waals surface area (Å²) < 4.78 is 11.2. The second-order valence-corrected chi connectivity index (χ2v) is 5.52. The standard InChI is InChI=1S/C17H28N2O3/c1-6-11-21-15-10-9-14(13(4)18-15)19-16(20)17(5,8-3)22-12-7-2/h9-10H,6-8,11-12H2,1-5H3,(H,19,20). The molecule has 0 saturated heterocycles. The van der Waals surface area contributed by atoms with Crippen LogP contribution in [0.25, 0.3) is 0 Å². The van der Waals surface area contributed by atoms with Gasteiger partial charge in [-0.05, 0) is 39.2 Å². The van der Waals surface area contributed by atoms with Crippen molar-refractivity contribution in [2.45, 2.75) is 59.5 Å². The van der Waals surface area contributed by atoms with E-state index < -0.39 is 5.60 Å². The molecule has 1 N–H and O–H groups in total. The van der Waals surface area contributed by atoms with Crippen LogP contribution in [0.1, 0.15) is 52.7 Å². The molecule has 0 spiro atoms. The van der Waals surface area contributed by atoms with E-state index in [1.54, 1.807) is 6.07 Å². The van der Waals surface area contributed by atoms with E-state index in [4.69, 9.17) is 9.47 Å². The highest BCUT2D eigenvalue weighted by atomic mass is 16.5. The summed E-state index contributed by atoms with van der Waals surface area (Å²) in [6.45, 7) is 10.9. The molecule has 0 bridgehead atoms. The highest BCUT2D eigenvalue weighted by Gasteiger charge is 2.32. The monoisotopic (exact) mass is 308 g/mol. The molecule has 0 fully saturated rings. The normalized spacial score (nSPS) is 13.5. The molecule has 1 aromatic heterocycles. The molecule has 0 aromatic carbocycles. The van der Waals surface area contributed by atoms with Gasteiger partial charge in [0.05, 0.1) is 18.0 Å². The third kappa shape index (κ3) is 4.98. The largest absolute Gasteiger partial charge is 0.478 e. The maximum atomic E-state index is 12.5. The summed E-state index contributed by atoms with van der Waals surface area (Å²) in [7, 11) is 0. The fourth-order valence-corrected chi connectivity index (χ4v) is 1.87. The third-order valence-electron chi connectivity index (χ3n) is 3.54. The van der Waals surface area contributed by atoms with Gasteiger partial charge in [-0.25, -0.2) is 4.98 Å². The molecule has 1 aromatic rings. The van der Waals surface area contributed by atoms with Gasteiger partial charge in [-0.1, -0.05) is 20.8 Å². The number of carbonyl (C=O) groups excluding carboxylic acids is 1. The van der Waals surface area contributed by atoms with Crippen LogP contribution in [0, 0.1) is 6.92 Å². The van der Waals surface area contributed by atoms with Crippen LogP contribution in [-0.2, 0) is 9.53 Å². The number of hydrogen-bond donors (Lipinski definition) is 1. The quantitative estimate of drug-likeness (QED) is 0.755. The molecule has 1 rings (SSSR count). The Kier molecular flexibility index (Phi) is 7.32. The number of anilines is 1. The van der Waals surface area contributed by atoms with E-state index in [0.717, 1.165) is 18.5 Å². The van der Waals surface area contributed by atoms with E-state index in [1.807, 2.05) is 40.7 Å². The van der Waals surface area contributed by atoms with Gasteiger partial charge in [-0.2, -0.15) is 0 Å². The summed E-state index contributed by atoms with van der Waals surface area (Å²) >= 11 is 0. The zero-order chi connectivity index (χ0) is 16.6. The molecule has 1 heterocycles. The molecule has 0 aliphatic carbocycles. The molecule has 5 nitrogen and oxygen atoms in total. The van der Waals surface area contributed by atoms with Crippen LogP contribution in [-0.4, -0.2) is 29.7 Å². The van der Waals surface area contributed by atoms with Crippen molar-refractivity contribution in [3.05, 3.63) is 17.8 Å². The van der Waals surface area contributed by atoms with Gasteiger partial charge >= 0.3 is 0 Å². The minimum atomic E-state index is -0.820. The SMILES string of the molecule is CCCOc1ccc(NC(=O)C(C)(CC)OCCC)c(C)n1. The van der Waals surface area contributed by atoms with E-state index in [2.05, 4.69) is 10.3 Å². The molecule has 0 saturated carbocycles. The Morgan fingerprint density at radius 2 is 1.91 bits per heavy atom. The minimum absolute atomic E-state index is 0.143. The van der Waals surface area contributed by atoms with Crippen LogP contribution in [0.15, 0.2) is 12.1 Å². The summed E-state index contributed by atoms with van der Waals surface area (Å²) in [5.74, 6) is 0.438. The topological polar surface area (TPSA) is 60.5 Å².